The molecule has 9 heavy (non-hydrogen) atoms. The second-order valence-corrected chi connectivity index (χ2v) is 2.42. The number of aliphatic imine (C=N–C) groups is 1. The van der Waals surface area contributed by atoms with Gasteiger partial charge in [0, 0.05) is 0 Å². The summed E-state index contributed by atoms with van der Waals surface area (Å²) in [7, 11) is 0. The molecule has 0 saturated carbocycles. The number of hydrogen-bond acceptors (Lipinski definition) is 3. The van der Waals surface area contributed by atoms with Crippen LogP contribution < -0.4 is 0 Å². The van der Waals surface area contributed by atoms with E-state index < -0.39 is 0 Å². The molecule has 0 aliphatic carbocycles. The zero-order valence-electron chi connectivity index (χ0n) is 5.09. The van der Waals surface area contributed by atoms with Crippen molar-refractivity contribution in [1.29, 1.82) is 0 Å². The number of carbonyl (C=O) groups excluding carboxylic acids is 1. The average molecular weight is 145 g/mol. The first-order valence-corrected chi connectivity index (χ1v) is 3.68. The van der Waals surface area contributed by atoms with E-state index in [-0.39, 0.29) is 5.24 Å². The fourth-order valence-electron chi connectivity index (χ4n) is 0.530. The van der Waals surface area contributed by atoms with Crippen LogP contribution in [0.4, 0.5) is 4.79 Å². The van der Waals surface area contributed by atoms with Gasteiger partial charge in [-0.25, -0.2) is 0 Å². The summed E-state index contributed by atoms with van der Waals surface area (Å²) in [5.41, 5.74) is 0. The van der Waals surface area contributed by atoms with Gasteiger partial charge in [-0.05, 0) is 6.92 Å². The zero-order chi connectivity index (χ0) is 6.69. The minimum atomic E-state index is -0.140. The van der Waals surface area contributed by atoms with E-state index in [4.69, 9.17) is 4.74 Å². The Balaban J connectivity index is 2.42. The van der Waals surface area contributed by atoms with E-state index in [1.807, 2.05) is 6.92 Å². The predicted molar refractivity (Wildman–Crippen MR) is 36.9 cm³/mol. The van der Waals surface area contributed by atoms with Gasteiger partial charge in [0.1, 0.15) is 0 Å². The molecule has 50 valence electrons. The van der Waals surface area contributed by atoms with Crippen LogP contribution in [0.1, 0.15) is 6.92 Å². The lowest BCUT2D eigenvalue weighted by Gasteiger charge is -1.96. The molecule has 0 spiro atoms. The van der Waals surface area contributed by atoms with Crippen molar-refractivity contribution >= 4 is 22.9 Å². The summed E-state index contributed by atoms with van der Waals surface area (Å²) < 4.78 is 4.98. The highest BCUT2D eigenvalue weighted by molar-refractivity contribution is 8.14. The Morgan fingerprint density at radius 2 is 2.67 bits per heavy atom. The van der Waals surface area contributed by atoms with Crippen LogP contribution in [0.3, 0.4) is 0 Å². The quantitative estimate of drug-likeness (QED) is 0.558. The molecule has 0 N–H and O–H groups in total. The van der Waals surface area contributed by atoms with E-state index in [0.29, 0.717) is 18.3 Å². The van der Waals surface area contributed by atoms with Crippen LogP contribution in [0.15, 0.2) is 4.99 Å². The summed E-state index contributed by atoms with van der Waals surface area (Å²) in [6.07, 6.45) is 0. The molecule has 1 amide bonds. The van der Waals surface area contributed by atoms with Gasteiger partial charge in [-0.15, -0.1) is 0 Å². The Bertz CT molecular complexity index is 155. The molecule has 1 aliphatic rings. The molecule has 4 heteroatoms. The third kappa shape index (κ3) is 1.71. The second kappa shape index (κ2) is 2.87. The van der Waals surface area contributed by atoms with Crippen LogP contribution in [0.25, 0.3) is 0 Å². The summed E-state index contributed by atoms with van der Waals surface area (Å²) in [6.45, 7) is 2.46. The van der Waals surface area contributed by atoms with E-state index in [9.17, 15) is 4.79 Å². The molecule has 0 aromatic heterocycles. The number of carbonyl (C=O) groups is 1. The molecular weight excluding hydrogens is 138 g/mol. The van der Waals surface area contributed by atoms with Crippen LogP contribution in [-0.4, -0.2) is 23.5 Å². The number of hydrogen-bond donors (Lipinski definition) is 0. The number of rotatable bonds is 1. The van der Waals surface area contributed by atoms with Crippen molar-refractivity contribution in [3.63, 3.8) is 0 Å². The van der Waals surface area contributed by atoms with Gasteiger partial charge >= 0.3 is 5.24 Å². The number of thioether (sulfide) groups is 1. The maximum absolute atomic E-state index is 10.4. The minimum absolute atomic E-state index is 0.140. The first-order valence-electron chi connectivity index (χ1n) is 2.70. The van der Waals surface area contributed by atoms with Crippen molar-refractivity contribution in [2.45, 2.75) is 6.92 Å². The molecular formula is C5H7NO2S. The third-order valence-electron chi connectivity index (χ3n) is 0.846. The van der Waals surface area contributed by atoms with E-state index in [0.717, 1.165) is 0 Å². The zero-order valence-corrected chi connectivity index (χ0v) is 5.90. The molecule has 0 atom stereocenters. The lowest BCUT2D eigenvalue weighted by atomic mass is 10.7. The Morgan fingerprint density at radius 3 is 3.11 bits per heavy atom. The van der Waals surface area contributed by atoms with Gasteiger partial charge in [-0.3, -0.25) is 4.79 Å². The van der Waals surface area contributed by atoms with Gasteiger partial charge in [0.2, 0.25) is 5.90 Å². The molecule has 0 radical (unpaired) electrons. The van der Waals surface area contributed by atoms with Gasteiger partial charge in [0.25, 0.3) is 0 Å². The van der Waals surface area contributed by atoms with Crippen LogP contribution in [0, 0.1) is 0 Å². The Morgan fingerprint density at radius 1 is 1.89 bits per heavy atom. The van der Waals surface area contributed by atoms with Crippen molar-refractivity contribution in [3.05, 3.63) is 0 Å². The number of ether oxygens (including phenoxy) is 1. The van der Waals surface area contributed by atoms with E-state index in [1.54, 1.807) is 0 Å². The normalized spacial score (nSPS) is 17.9. The first kappa shape index (κ1) is 6.61. The molecule has 1 rings (SSSR count). The van der Waals surface area contributed by atoms with Gasteiger partial charge in [-0.1, -0.05) is 11.8 Å². The highest BCUT2D eigenvalue weighted by Crippen LogP contribution is 2.13. The minimum Gasteiger partial charge on any atom is -0.480 e. The lowest BCUT2D eigenvalue weighted by molar-refractivity contribution is 0.266. The van der Waals surface area contributed by atoms with Crippen molar-refractivity contribution in [3.8, 4) is 0 Å². The molecule has 0 aromatic rings. The summed E-state index contributed by atoms with van der Waals surface area (Å²) in [5, 5.41) is -0.140. The molecule has 1 aliphatic heterocycles. The van der Waals surface area contributed by atoms with E-state index in [1.165, 1.54) is 11.8 Å². The number of nitrogens with zero attached hydrogens (tertiary/aromatic N) is 1. The molecule has 0 aromatic carbocycles. The predicted octanol–water partition coefficient (Wildman–Crippen LogP) is 1.29. The fraction of sp³-hybridized carbons (Fsp3) is 0.600. The van der Waals surface area contributed by atoms with E-state index >= 15 is 0 Å². The highest BCUT2D eigenvalue weighted by atomic mass is 32.2. The summed E-state index contributed by atoms with van der Waals surface area (Å²) >= 11 is 1.18. The highest BCUT2D eigenvalue weighted by Gasteiger charge is 2.14. The van der Waals surface area contributed by atoms with Gasteiger partial charge in [0.15, 0.2) is 0 Å². The van der Waals surface area contributed by atoms with Crippen molar-refractivity contribution in [2.24, 2.45) is 4.99 Å². The lowest BCUT2D eigenvalue weighted by Crippen LogP contribution is -2.02. The van der Waals surface area contributed by atoms with Crippen molar-refractivity contribution in [2.75, 3.05) is 12.4 Å². The molecule has 3 nitrogen and oxygen atoms in total. The summed E-state index contributed by atoms with van der Waals surface area (Å²) in [4.78, 5) is 14.0. The Labute approximate surface area is 57.5 Å². The molecule has 0 unspecified atom stereocenters. The SMILES string of the molecule is CCOC1=NC(=O)SC1. The summed E-state index contributed by atoms with van der Waals surface area (Å²) in [5.74, 6) is 1.17. The maximum atomic E-state index is 10.4. The average Bonchev–Trinajstić information content (AvgIpc) is 2.17. The molecule has 1 heterocycles. The van der Waals surface area contributed by atoms with E-state index in [2.05, 4.69) is 4.99 Å². The molecule has 0 bridgehead atoms. The molecule has 0 fully saturated rings. The van der Waals surface area contributed by atoms with Gasteiger partial charge in [-0.2, -0.15) is 4.99 Å². The Hall–Kier alpha value is -0.510. The smallest absolute Gasteiger partial charge is 0.308 e. The first-order chi connectivity index (χ1) is 4.33. The fourth-order valence-corrected chi connectivity index (χ4v) is 1.09. The standard InChI is InChI=1S/C5H7NO2S/c1-2-8-4-3-9-5(7)6-4/h2-3H2,1H3. The van der Waals surface area contributed by atoms with Gasteiger partial charge in [0.05, 0.1) is 12.4 Å². The van der Waals surface area contributed by atoms with Crippen LogP contribution in [0.2, 0.25) is 0 Å². The number of amides is 1. The Kier molecular flexibility index (Phi) is 2.10. The van der Waals surface area contributed by atoms with Crippen LogP contribution in [-0.2, 0) is 4.74 Å². The second-order valence-electron chi connectivity index (χ2n) is 1.49. The van der Waals surface area contributed by atoms with Crippen LogP contribution >= 0.6 is 11.8 Å². The third-order valence-corrected chi connectivity index (χ3v) is 1.58. The van der Waals surface area contributed by atoms with Crippen molar-refractivity contribution in [1.82, 2.24) is 0 Å². The monoisotopic (exact) mass is 145 g/mol. The van der Waals surface area contributed by atoms with Crippen LogP contribution in [0.5, 0.6) is 0 Å². The van der Waals surface area contributed by atoms with Gasteiger partial charge < -0.3 is 4.74 Å². The van der Waals surface area contributed by atoms with Crippen molar-refractivity contribution < 1.29 is 9.53 Å². The largest absolute Gasteiger partial charge is 0.480 e. The maximum Gasteiger partial charge on any atom is 0.308 e. The summed E-state index contributed by atoms with van der Waals surface area (Å²) in [6, 6.07) is 0. The molecule has 0 saturated heterocycles. The topological polar surface area (TPSA) is 38.7 Å².